The molecule has 2 nitrogen and oxygen atoms in total. The van der Waals surface area contributed by atoms with Crippen molar-refractivity contribution in [2.24, 2.45) is 5.92 Å². The van der Waals surface area contributed by atoms with Crippen molar-refractivity contribution in [3.63, 3.8) is 0 Å². The van der Waals surface area contributed by atoms with Crippen LogP contribution in [-0.4, -0.2) is 7.11 Å². The van der Waals surface area contributed by atoms with Crippen molar-refractivity contribution in [3.8, 4) is 0 Å². The van der Waals surface area contributed by atoms with E-state index in [4.69, 9.17) is 4.74 Å². The first-order valence-corrected chi connectivity index (χ1v) is 4.07. The molecule has 1 aliphatic rings. The van der Waals surface area contributed by atoms with Gasteiger partial charge in [0.05, 0.1) is 7.11 Å². The Morgan fingerprint density at radius 2 is 2.08 bits per heavy atom. The van der Waals surface area contributed by atoms with Gasteiger partial charge in [0.1, 0.15) is 0 Å². The van der Waals surface area contributed by atoms with Crippen LogP contribution in [0.4, 0.5) is 0 Å². The Kier molecular flexibility index (Phi) is 2.58. The Hall–Kier alpha value is -1.18. The molecule has 0 unspecified atom stereocenters. The molecule has 0 aliphatic carbocycles. The third-order valence-corrected chi connectivity index (χ3v) is 1.88. The summed E-state index contributed by atoms with van der Waals surface area (Å²) in [6.07, 6.45) is 3.96. The average Bonchev–Trinajstić information content (AvgIpc) is 2.03. The third-order valence-electron chi connectivity index (χ3n) is 1.88. The standard InChI is InChI=1S/C10H15NO/c1-7(2)9-5-6-10(12-4)11-8(9)3/h5-7,11H,3H2,1-2,4H3. The Balaban J connectivity index is 2.83. The molecule has 0 fully saturated rings. The first kappa shape index (κ1) is 8.91. The van der Waals surface area contributed by atoms with Crippen molar-refractivity contribution >= 4 is 0 Å². The average molecular weight is 165 g/mol. The minimum atomic E-state index is 0.500. The number of ether oxygens (including phenoxy) is 1. The summed E-state index contributed by atoms with van der Waals surface area (Å²) in [5.41, 5.74) is 2.17. The van der Waals surface area contributed by atoms with E-state index in [-0.39, 0.29) is 0 Å². The van der Waals surface area contributed by atoms with Crippen molar-refractivity contribution in [1.29, 1.82) is 0 Å². The minimum absolute atomic E-state index is 0.500. The van der Waals surface area contributed by atoms with Gasteiger partial charge in [-0.1, -0.05) is 26.5 Å². The van der Waals surface area contributed by atoms with Gasteiger partial charge in [0.2, 0.25) is 0 Å². The predicted octanol–water partition coefficient (Wildman–Crippen LogP) is 2.17. The quantitative estimate of drug-likeness (QED) is 0.677. The normalized spacial score (nSPS) is 16.8. The molecule has 0 atom stereocenters. The summed E-state index contributed by atoms with van der Waals surface area (Å²) in [5.74, 6) is 1.25. The van der Waals surface area contributed by atoms with E-state index in [1.165, 1.54) is 5.57 Å². The highest BCUT2D eigenvalue weighted by Crippen LogP contribution is 2.20. The number of dihydropyridines is 1. The Morgan fingerprint density at radius 1 is 1.42 bits per heavy atom. The molecule has 0 bridgehead atoms. The topological polar surface area (TPSA) is 21.3 Å². The molecule has 1 heterocycles. The van der Waals surface area contributed by atoms with Gasteiger partial charge in [-0.15, -0.1) is 0 Å². The summed E-state index contributed by atoms with van der Waals surface area (Å²) in [4.78, 5) is 0. The van der Waals surface area contributed by atoms with E-state index in [1.54, 1.807) is 7.11 Å². The Labute approximate surface area is 73.6 Å². The molecule has 0 amide bonds. The first-order valence-electron chi connectivity index (χ1n) is 4.07. The highest BCUT2D eigenvalue weighted by Gasteiger charge is 2.11. The lowest BCUT2D eigenvalue weighted by Crippen LogP contribution is -2.19. The summed E-state index contributed by atoms with van der Waals surface area (Å²) >= 11 is 0. The van der Waals surface area contributed by atoms with E-state index < -0.39 is 0 Å². The van der Waals surface area contributed by atoms with Gasteiger partial charge in [0.25, 0.3) is 0 Å². The van der Waals surface area contributed by atoms with E-state index in [2.05, 4.69) is 25.7 Å². The van der Waals surface area contributed by atoms with Gasteiger partial charge in [0.15, 0.2) is 5.88 Å². The minimum Gasteiger partial charge on any atom is -0.482 e. The van der Waals surface area contributed by atoms with Gasteiger partial charge in [-0.05, 0) is 17.6 Å². The molecular formula is C10H15NO. The molecule has 0 spiro atoms. The molecule has 1 aliphatic heterocycles. The van der Waals surface area contributed by atoms with Gasteiger partial charge in [-0.3, -0.25) is 0 Å². The van der Waals surface area contributed by atoms with Crippen LogP contribution in [0.1, 0.15) is 13.8 Å². The second-order valence-corrected chi connectivity index (χ2v) is 3.12. The van der Waals surface area contributed by atoms with Crippen molar-refractivity contribution in [1.82, 2.24) is 5.32 Å². The first-order chi connectivity index (χ1) is 5.65. The molecule has 2 heteroatoms. The predicted molar refractivity (Wildman–Crippen MR) is 50.3 cm³/mol. The lowest BCUT2D eigenvalue weighted by atomic mass is 9.99. The van der Waals surface area contributed by atoms with Gasteiger partial charge < -0.3 is 10.1 Å². The Bertz CT molecular complexity index is 249. The lowest BCUT2D eigenvalue weighted by Gasteiger charge is -2.20. The number of rotatable bonds is 2. The van der Waals surface area contributed by atoms with E-state index in [0.29, 0.717) is 5.92 Å². The monoisotopic (exact) mass is 165 g/mol. The highest BCUT2D eigenvalue weighted by molar-refractivity contribution is 5.37. The maximum absolute atomic E-state index is 5.03. The van der Waals surface area contributed by atoms with Crippen molar-refractivity contribution in [3.05, 3.63) is 35.9 Å². The molecule has 0 saturated heterocycles. The molecule has 0 aromatic carbocycles. The van der Waals surface area contributed by atoms with Crippen LogP contribution >= 0.6 is 0 Å². The second kappa shape index (κ2) is 3.48. The molecule has 0 aromatic heterocycles. The van der Waals surface area contributed by atoms with Gasteiger partial charge in [-0.25, -0.2) is 0 Å². The molecule has 66 valence electrons. The van der Waals surface area contributed by atoms with Crippen LogP contribution in [-0.2, 0) is 4.74 Å². The number of nitrogens with one attached hydrogen (secondary N) is 1. The van der Waals surface area contributed by atoms with Crippen molar-refractivity contribution < 1.29 is 4.74 Å². The molecule has 1 rings (SSSR count). The Morgan fingerprint density at radius 3 is 2.50 bits per heavy atom. The number of allylic oxidation sites excluding steroid dienone is 3. The summed E-state index contributed by atoms with van der Waals surface area (Å²) < 4.78 is 5.03. The molecule has 0 saturated carbocycles. The van der Waals surface area contributed by atoms with E-state index >= 15 is 0 Å². The molecular weight excluding hydrogens is 150 g/mol. The van der Waals surface area contributed by atoms with E-state index in [1.807, 2.05) is 12.2 Å². The second-order valence-electron chi connectivity index (χ2n) is 3.12. The third kappa shape index (κ3) is 1.70. The largest absolute Gasteiger partial charge is 0.482 e. The maximum atomic E-state index is 5.03. The van der Waals surface area contributed by atoms with Crippen LogP contribution in [0.5, 0.6) is 0 Å². The fourth-order valence-corrected chi connectivity index (χ4v) is 1.19. The van der Waals surface area contributed by atoms with Crippen molar-refractivity contribution in [2.45, 2.75) is 13.8 Å². The molecule has 0 radical (unpaired) electrons. The van der Waals surface area contributed by atoms with E-state index in [9.17, 15) is 0 Å². The smallest absolute Gasteiger partial charge is 0.190 e. The maximum Gasteiger partial charge on any atom is 0.190 e. The highest BCUT2D eigenvalue weighted by atomic mass is 16.5. The number of hydrogen-bond donors (Lipinski definition) is 1. The summed E-state index contributed by atoms with van der Waals surface area (Å²) in [7, 11) is 1.64. The van der Waals surface area contributed by atoms with Gasteiger partial charge in [0, 0.05) is 5.70 Å². The molecule has 0 aromatic rings. The fraction of sp³-hybridized carbons (Fsp3) is 0.400. The van der Waals surface area contributed by atoms with Gasteiger partial charge >= 0.3 is 0 Å². The lowest BCUT2D eigenvalue weighted by molar-refractivity contribution is 0.268. The summed E-state index contributed by atoms with van der Waals surface area (Å²) in [6.45, 7) is 8.20. The van der Waals surface area contributed by atoms with Crippen LogP contribution in [0.25, 0.3) is 0 Å². The van der Waals surface area contributed by atoms with Crippen molar-refractivity contribution in [2.75, 3.05) is 7.11 Å². The summed E-state index contributed by atoms with van der Waals surface area (Å²) in [5, 5.41) is 3.07. The SMILES string of the molecule is C=C1NC(OC)=CC=C1C(C)C. The number of methoxy groups -OCH3 is 1. The van der Waals surface area contributed by atoms with Crippen LogP contribution in [0.15, 0.2) is 35.9 Å². The van der Waals surface area contributed by atoms with Crippen LogP contribution in [0, 0.1) is 5.92 Å². The molecule has 1 N–H and O–H groups in total. The zero-order valence-corrected chi connectivity index (χ0v) is 7.85. The van der Waals surface area contributed by atoms with Crippen LogP contribution in [0.3, 0.4) is 0 Å². The summed E-state index contributed by atoms with van der Waals surface area (Å²) in [6, 6.07) is 0. The number of hydrogen-bond acceptors (Lipinski definition) is 2. The zero-order chi connectivity index (χ0) is 9.14. The van der Waals surface area contributed by atoms with Crippen LogP contribution < -0.4 is 5.32 Å². The van der Waals surface area contributed by atoms with Gasteiger partial charge in [-0.2, -0.15) is 0 Å². The van der Waals surface area contributed by atoms with Crippen LogP contribution in [0.2, 0.25) is 0 Å². The fourth-order valence-electron chi connectivity index (χ4n) is 1.19. The molecule has 12 heavy (non-hydrogen) atoms. The van der Waals surface area contributed by atoms with E-state index in [0.717, 1.165) is 11.6 Å². The zero-order valence-electron chi connectivity index (χ0n) is 7.85.